The summed E-state index contributed by atoms with van der Waals surface area (Å²) in [6.45, 7) is 4.48. The molecule has 2 saturated heterocycles. The van der Waals surface area contributed by atoms with Gasteiger partial charge >= 0.3 is 0 Å². The number of anilines is 2. The van der Waals surface area contributed by atoms with E-state index in [0.717, 1.165) is 75.5 Å². The molecule has 6 heteroatoms. The van der Waals surface area contributed by atoms with Gasteiger partial charge in [-0.15, -0.1) is 0 Å². The highest BCUT2D eigenvalue weighted by Crippen LogP contribution is 2.48. The molecule has 2 unspecified atom stereocenters. The van der Waals surface area contributed by atoms with E-state index in [1.54, 1.807) is 6.07 Å². The lowest BCUT2D eigenvalue weighted by atomic mass is 9.88. The number of benzene rings is 2. The summed E-state index contributed by atoms with van der Waals surface area (Å²) in [5.74, 6) is -0.156. The Kier molecular flexibility index (Phi) is 6.21. The second kappa shape index (κ2) is 9.23. The van der Waals surface area contributed by atoms with Crippen molar-refractivity contribution in [3.05, 3.63) is 59.7 Å². The van der Waals surface area contributed by atoms with Crippen molar-refractivity contribution >= 4 is 11.4 Å². The van der Waals surface area contributed by atoms with E-state index < -0.39 is 0 Å². The normalized spacial score (nSPS) is 23.9. The molecule has 166 valence electrons. The fraction of sp³-hybridized carbons (Fsp3) is 0.520. The van der Waals surface area contributed by atoms with Crippen LogP contribution in [0.5, 0.6) is 0 Å². The highest BCUT2D eigenvalue weighted by molar-refractivity contribution is 5.73. The van der Waals surface area contributed by atoms with E-state index >= 15 is 0 Å². The summed E-state index contributed by atoms with van der Waals surface area (Å²) in [6.07, 6.45) is 5.43. The van der Waals surface area contributed by atoms with Crippen molar-refractivity contribution in [1.29, 1.82) is 0 Å². The Morgan fingerprint density at radius 3 is 2.48 bits per heavy atom. The Morgan fingerprint density at radius 2 is 1.68 bits per heavy atom. The fourth-order valence-corrected chi connectivity index (χ4v) is 5.37. The maximum absolute atomic E-state index is 14.1. The maximum Gasteiger partial charge on any atom is 0.157 e. The molecule has 3 aliphatic heterocycles. The first kappa shape index (κ1) is 20.9. The second-order valence-corrected chi connectivity index (χ2v) is 8.83. The molecule has 4 nitrogen and oxygen atoms in total. The molecule has 0 aliphatic carbocycles. The third-order valence-electron chi connectivity index (χ3n) is 6.85. The molecule has 2 aromatic carbocycles. The van der Waals surface area contributed by atoms with E-state index in [0.29, 0.717) is 0 Å². The lowest BCUT2D eigenvalue weighted by molar-refractivity contribution is -0.0480. The Bertz CT molecular complexity index is 886. The van der Waals surface area contributed by atoms with Gasteiger partial charge in [0.15, 0.2) is 6.29 Å². The van der Waals surface area contributed by atoms with Crippen LogP contribution in [0.2, 0.25) is 0 Å². The summed E-state index contributed by atoms with van der Waals surface area (Å²) in [7, 11) is 0. The van der Waals surface area contributed by atoms with E-state index in [4.69, 9.17) is 9.47 Å². The molecular formula is C25H30F2N2O2. The van der Waals surface area contributed by atoms with Crippen LogP contribution < -0.4 is 4.90 Å². The third kappa shape index (κ3) is 4.47. The molecule has 2 aromatic rings. The summed E-state index contributed by atoms with van der Waals surface area (Å²) in [4.78, 5) is 4.81. The molecule has 0 saturated carbocycles. The number of unbranched alkanes of at least 4 members (excludes halogenated alkanes) is 2. The van der Waals surface area contributed by atoms with Crippen LogP contribution in [0.4, 0.5) is 20.2 Å². The Balaban J connectivity index is 1.23. The first-order valence-electron chi connectivity index (χ1n) is 11.5. The van der Waals surface area contributed by atoms with Crippen molar-refractivity contribution in [2.24, 2.45) is 0 Å². The monoisotopic (exact) mass is 428 g/mol. The predicted molar refractivity (Wildman–Crippen MR) is 117 cm³/mol. The van der Waals surface area contributed by atoms with Crippen molar-refractivity contribution in [3.8, 4) is 0 Å². The zero-order valence-corrected chi connectivity index (χ0v) is 17.8. The molecule has 0 radical (unpaired) electrons. The Hall–Kier alpha value is -2.02. The van der Waals surface area contributed by atoms with Crippen molar-refractivity contribution in [2.45, 2.75) is 50.4 Å². The van der Waals surface area contributed by atoms with Gasteiger partial charge in [0.25, 0.3) is 0 Å². The van der Waals surface area contributed by atoms with Gasteiger partial charge in [-0.2, -0.15) is 0 Å². The van der Waals surface area contributed by atoms with Crippen LogP contribution in [0.25, 0.3) is 0 Å². The lowest BCUT2D eigenvalue weighted by Gasteiger charge is -2.39. The number of rotatable bonds is 7. The molecule has 0 bridgehead atoms. The topological polar surface area (TPSA) is 24.9 Å². The van der Waals surface area contributed by atoms with Gasteiger partial charge in [0.2, 0.25) is 0 Å². The Morgan fingerprint density at radius 1 is 0.903 bits per heavy atom. The predicted octanol–water partition coefficient (Wildman–Crippen LogP) is 5.21. The van der Waals surface area contributed by atoms with E-state index in [9.17, 15) is 8.78 Å². The van der Waals surface area contributed by atoms with Crippen LogP contribution in [0.3, 0.4) is 0 Å². The summed E-state index contributed by atoms with van der Waals surface area (Å²) in [6, 6.07) is 12.1. The molecular weight excluding hydrogens is 398 g/mol. The Labute approximate surface area is 182 Å². The number of nitrogens with zero attached hydrogens (tertiary/aromatic N) is 2. The van der Waals surface area contributed by atoms with E-state index in [1.807, 2.05) is 18.2 Å². The minimum atomic E-state index is -0.236. The average Bonchev–Trinajstić information content (AvgIpc) is 3.40. The van der Waals surface area contributed by atoms with Crippen molar-refractivity contribution < 1.29 is 18.3 Å². The van der Waals surface area contributed by atoms with Gasteiger partial charge in [-0.3, -0.25) is 0 Å². The molecule has 0 amide bonds. The van der Waals surface area contributed by atoms with Crippen molar-refractivity contribution in [2.75, 3.05) is 37.7 Å². The van der Waals surface area contributed by atoms with Crippen LogP contribution in [-0.4, -0.2) is 50.1 Å². The van der Waals surface area contributed by atoms with Crippen LogP contribution in [0.15, 0.2) is 42.5 Å². The van der Waals surface area contributed by atoms with Crippen LogP contribution in [0, 0.1) is 11.6 Å². The minimum Gasteiger partial charge on any atom is -0.350 e. The zero-order valence-electron chi connectivity index (χ0n) is 17.8. The highest BCUT2D eigenvalue weighted by Gasteiger charge is 2.42. The molecule has 5 rings (SSSR count). The molecule has 0 spiro atoms. The number of ether oxygens (including phenoxy) is 2. The number of likely N-dealkylation sites (tertiary alicyclic amines) is 1. The summed E-state index contributed by atoms with van der Waals surface area (Å²) < 4.78 is 38.6. The summed E-state index contributed by atoms with van der Waals surface area (Å²) in [5.41, 5.74) is 3.11. The quantitative estimate of drug-likeness (QED) is 0.566. The van der Waals surface area contributed by atoms with Crippen molar-refractivity contribution in [3.63, 3.8) is 0 Å². The van der Waals surface area contributed by atoms with Gasteiger partial charge in [-0.1, -0.05) is 6.42 Å². The first-order chi connectivity index (χ1) is 15.2. The van der Waals surface area contributed by atoms with Gasteiger partial charge in [0, 0.05) is 36.4 Å². The van der Waals surface area contributed by atoms with Gasteiger partial charge in [-0.05, 0) is 80.3 Å². The molecule has 2 fully saturated rings. The van der Waals surface area contributed by atoms with Gasteiger partial charge in [0.1, 0.15) is 11.6 Å². The number of halogens is 2. The summed E-state index contributed by atoms with van der Waals surface area (Å²) in [5, 5.41) is 0. The molecule has 2 atom stereocenters. The van der Waals surface area contributed by atoms with Gasteiger partial charge in [-0.25, -0.2) is 8.78 Å². The van der Waals surface area contributed by atoms with Crippen LogP contribution in [0.1, 0.15) is 43.6 Å². The minimum absolute atomic E-state index is 0.00178. The third-order valence-corrected chi connectivity index (χ3v) is 6.85. The molecule has 3 heterocycles. The fourth-order valence-electron chi connectivity index (χ4n) is 5.37. The van der Waals surface area contributed by atoms with Crippen LogP contribution >= 0.6 is 0 Å². The second-order valence-electron chi connectivity index (χ2n) is 8.83. The van der Waals surface area contributed by atoms with Gasteiger partial charge in [0.05, 0.1) is 13.2 Å². The number of fused-ring (bicyclic) bond motifs is 3. The highest BCUT2D eigenvalue weighted by atomic mass is 19.1. The average molecular weight is 429 g/mol. The molecule has 0 N–H and O–H groups in total. The van der Waals surface area contributed by atoms with E-state index in [1.165, 1.54) is 24.6 Å². The van der Waals surface area contributed by atoms with Crippen molar-refractivity contribution in [1.82, 2.24) is 4.90 Å². The lowest BCUT2D eigenvalue weighted by Crippen LogP contribution is -2.45. The van der Waals surface area contributed by atoms with E-state index in [2.05, 4.69) is 9.80 Å². The maximum atomic E-state index is 14.1. The number of hydrogen-bond acceptors (Lipinski definition) is 4. The smallest absolute Gasteiger partial charge is 0.157 e. The molecule has 3 aliphatic rings. The van der Waals surface area contributed by atoms with Gasteiger partial charge < -0.3 is 19.3 Å². The number of piperidine rings is 1. The zero-order chi connectivity index (χ0) is 21.2. The molecule has 0 aromatic heterocycles. The first-order valence-corrected chi connectivity index (χ1v) is 11.5. The largest absolute Gasteiger partial charge is 0.350 e. The SMILES string of the molecule is Fc1ccc(N2c3ccc(F)cc3C3CN(CCCCCC4OCCO4)CCC32)cc1. The van der Waals surface area contributed by atoms with Crippen LogP contribution in [-0.2, 0) is 9.47 Å². The number of hydrogen-bond donors (Lipinski definition) is 0. The summed E-state index contributed by atoms with van der Waals surface area (Å²) >= 11 is 0. The standard InChI is InChI=1S/C25H30F2N2O2/c26-18-5-8-20(9-6-18)29-23-10-7-19(27)16-21(23)22-17-28(13-11-24(22)29)12-3-1-2-4-25-30-14-15-31-25/h5-10,16,22,24-25H,1-4,11-15,17H2. The van der Waals surface area contributed by atoms with E-state index in [-0.39, 0.29) is 29.9 Å². The molecule has 31 heavy (non-hydrogen) atoms.